The highest BCUT2D eigenvalue weighted by Gasteiger charge is 2.00. The van der Waals surface area contributed by atoms with Gasteiger partial charge in [0.25, 0.3) is 0 Å². The van der Waals surface area contributed by atoms with Gasteiger partial charge in [-0.3, -0.25) is 9.59 Å². The number of likely N-dealkylation sites (N-methyl/N-ethyl adjacent to an activating group) is 1. The number of hydrogen-bond acceptors (Lipinski definition) is 2. The van der Waals surface area contributed by atoms with Crippen LogP contribution in [0.2, 0.25) is 0 Å². The molecule has 0 atom stereocenters. The van der Waals surface area contributed by atoms with Crippen LogP contribution >= 0.6 is 0 Å². The molecule has 1 aromatic carbocycles. The van der Waals surface area contributed by atoms with Gasteiger partial charge in [0, 0.05) is 12.6 Å². The molecule has 1 aromatic rings. The van der Waals surface area contributed by atoms with Crippen molar-refractivity contribution in [2.75, 3.05) is 13.1 Å². The summed E-state index contributed by atoms with van der Waals surface area (Å²) >= 11 is 0. The summed E-state index contributed by atoms with van der Waals surface area (Å²) in [6.45, 7) is 4.50. The molecule has 1 rings (SSSR count). The third-order valence-electron chi connectivity index (χ3n) is 2.61. The van der Waals surface area contributed by atoms with Gasteiger partial charge in [0.2, 0.25) is 11.8 Å². The zero-order valence-corrected chi connectivity index (χ0v) is 11.4. The number of nitrogens with one attached hydrogen (secondary N) is 2. The molecule has 0 aromatic heterocycles. The van der Waals surface area contributed by atoms with Crippen LogP contribution in [-0.2, 0) is 16.0 Å². The summed E-state index contributed by atoms with van der Waals surface area (Å²) in [7, 11) is 0. The minimum atomic E-state index is -0.272. The summed E-state index contributed by atoms with van der Waals surface area (Å²) in [6.07, 6.45) is 4.16. The van der Waals surface area contributed by atoms with Crippen LogP contribution in [0.5, 0.6) is 0 Å². The maximum atomic E-state index is 11.5. The molecule has 0 unspecified atom stereocenters. The van der Waals surface area contributed by atoms with E-state index >= 15 is 0 Å². The van der Waals surface area contributed by atoms with E-state index in [0.717, 1.165) is 12.0 Å². The normalized spacial score (nSPS) is 10.4. The van der Waals surface area contributed by atoms with E-state index in [1.165, 1.54) is 11.6 Å². The zero-order chi connectivity index (χ0) is 14.1. The second kappa shape index (κ2) is 8.08. The van der Waals surface area contributed by atoms with Gasteiger partial charge in [-0.15, -0.1) is 0 Å². The van der Waals surface area contributed by atoms with Crippen LogP contribution in [0.3, 0.4) is 0 Å². The lowest BCUT2D eigenvalue weighted by atomic mass is 10.1. The smallest absolute Gasteiger partial charge is 0.244 e. The fourth-order valence-corrected chi connectivity index (χ4v) is 1.52. The molecule has 0 aliphatic rings. The van der Waals surface area contributed by atoms with Crippen molar-refractivity contribution in [1.29, 1.82) is 0 Å². The van der Waals surface area contributed by atoms with Crippen molar-refractivity contribution in [3.05, 3.63) is 41.5 Å². The first kappa shape index (κ1) is 15.0. The van der Waals surface area contributed by atoms with Crippen LogP contribution in [0.25, 0.3) is 6.08 Å². The quantitative estimate of drug-likeness (QED) is 0.762. The molecular formula is C15H20N2O2. The molecule has 19 heavy (non-hydrogen) atoms. The van der Waals surface area contributed by atoms with Crippen LogP contribution in [0.15, 0.2) is 30.3 Å². The van der Waals surface area contributed by atoms with Gasteiger partial charge in [-0.05, 0) is 30.5 Å². The van der Waals surface area contributed by atoms with Crippen molar-refractivity contribution in [3.8, 4) is 0 Å². The highest BCUT2D eigenvalue weighted by Crippen LogP contribution is 2.06. The van der Waals surface area contributed by atoms with E-state index in [1.807, 2.05) is 31.2 Å². The highest BCUT2D eigenvalue weighted by molar-refractivity contribution is 5.94. The Kier molecular flexibility index (Phi) is 6.36. The number of rotatable bonds is 6. The molecule has 0 spiro atoms. The molecule has 0 fully saturated rings. The van der Waals surface area contributed by atoms with E-state index in [1.54, 1.807) is 6.08 Å². The number of hydrogen-bond donors (Lipinski definition) is 2. The molecule has 2 amide bonds. The first-order valence-corrected chi connectivity index (χ1v) is 6.47. The Bertz CT molecular complexity index is 450. The number of amides is 2. The number of carbonyl (C=O) groups excluding carboxylic acids is 2. The Morgan fingerprint density at radius 2 is 1.79 bits per heavy atom. The minimum Gasteiger partial charge on any atom is -0.355 e. The molecule has 4 nitrogen and oxygen atoms in total. The predicted octanol–water partition coefficient (Wildman–Crippen LogP) is 1.51. The van der Waals surface area contributed by atoms with Crippen molar-refractivity contribution in [2.24, 2.45) is 0 Å². The standard InChI is InChI=1S/C15H20N2O2/c1-3-12-5-7-13(8-6-12)9-10-14(18)17-11-15(19)16-4-2/h5-10H,3-4,11H2,1-2H3,(H,16,19)(H,17,18)/b10-9+. The van der Waals surface area contributed by atoms with Crippen molar-refractivity contribution >= 4 is 17.9 Å². The average Bonchev–Trinajstić information content (AvgIpc) is 2.44. The van der Waals surface area contributed by atoms with Gasteiger partial charge in [0.1, 0.15) is 0 Å². The first-order valence-electron chi connectivity index (χ1n) is 6.47. The second-order valence-electron chi connectivity index (χ2n) is 4.10. The Morgan fingerprint density at radius 1 is 1.11 bits per heavy atom. The molecule has 0 saturated heterocycles. The Hall–Kier alpha value is -2.10. The average molecular weight is 260 g/mol. The summed E-state index contributed by atoms with van der Waals surface area (Å²) < 4.78 is 0. The molecule has 0 aliphatic carbocycles. The topological polar surface area (TPSA) is 58.2 Å². The third kappa shape index (κ3) is 5.86. The summed E-state index contributed by atoms with van der Waals surface area (Å²) in [5, 5.41) is 5.13. The van der Waals surface area contributed by atoms with Crippen molar-refractivity contribution < 1.29 is 9.59 Å². The lowest BCUT2D eigenvalue weighted by Crippen LogP contribution is -2.35. The molecule has 0 saturated carbocycles. The zero-order valence-electron chi connectivity index (χ0n) is 11.4. The Labute approximate surface area is 113 Å². The van der Waals surface area contributed by atoms with E-state index in [4.69, 9.17) is 0 Å². The van der Waals surface area contributed by atoms with Crippen LogP contribution < -0.4 is 10.6 Å². The van der Waals surface area contributed by atoms with Crippen LogP contribution in [0.4, 0.5) is 0 Å². The van der Waals surface area contributed by atoms with Crippen LogP contribution in [0.1, 0.15) is 25.0 Å². The molecule has 2 N–H and O–H groups in total. The van der Waals surface area contributed by atoms with E-state index < -0.39 is 0 Å². The predicted molar refractivity (Wildman–Crippen MR) is 76.5 cm³/mol. The number of aryl methyl sites for hydroxylation is 1. The lowest BCUT2D eigenvalue weighted by molar-refractivity contribution is -0.123. The number of benzene rings is 1. The molecule has 0 bridgehead atoms. The summed E-state index contributed by atoms with van der Waals surface area (Å²) in [5.74, 6) is -0.456. The SMILES string of the molecule is CCNC(=O)CNC(=O)/C=C/c1ccc(CC)cc1. The Morgan fingerprint density at radius 3 is 2.37 bits per heavy atom. The van der Waals surface area contributed by atoms with E-state index in [-0.39, 0.29) is 18.4 Å². The molecular weight excluding hydrogens is 240 g/mol. The molecule has 0 heterocycles. The van der Waals surface area contributed by atoms with Crippen molar-refractivity contribution in [1.82, 2.24) is 10.6 Å². The first-order chi connectivity index (χ1) is 9.15. The monoisotopic (exact) mass is 260 g/mol. The van der Waals surface area contributed by atoms with Gasteiger partial charge in [0.15, 0.2) is 0 Å². The highest BCUT2D eigenvalue weighted by atomic mass is 16.2. The molecule has 0 radical (unpaired) electrons. The van der Waals surface area contributed by atoms with Gasteiger partial charge in [-0.2, -0.15) is 0 Å². The summed E-state index contributed by atoms with van der Waals surface area (Å²) in [5.41, 5.74) is 2.23. The maximum absolute atomic E-state index is 11.5. The van der Waals surface area contributed by atoms with E-state index in [9.17, 15) is 9.59 Å². The van der Waals surface area contributed by atoms with Crippen molar-refractivity contribution in [2.45, 2.75) is 20.3 Å². The van der Waals surface area contributed by atoms with Crippen molar-refractivity contribution in [3.63, 3.8) is 0 Å². The minimum absolute atomic E-state index is 0.00574. The van der Waals surface area contributed by atoms with Gasteiger partial charge in [-0.25, -0.2) is 0 Å². The van der Waals surface area contributed by atoms with Gasteiger partial charge in [0.05, 0.1) is 6.54 Å². The van der Waals surface area contributed by atoms with Gasteiger partial charge < -0.3 is 10.6 Å². The number of carbonyl (C=O) groups is 2. The van der Waals surface area contributed by atoms with Crippen LogP contribution in [0, 0.1) is 0 Å². The fraction of sp³-hybridized carbons (Fsp3) is 0.333. The van der Waals surface area contributed by atoms with Gasteiger partial charge >= 0.3 is 0 Å². The van der Waals surface area contributed by atoms with Gasteiger partial charge in [-0.1, -0.05) is 31.2 Å². The molecule has 4 heteroatoms. The van der Waals surface area contributed by atoms with Crippen LogP contribution in [-0.4, -0.2) is 24.9 Å². The molecule has 0 aliphatic heterocycles. The second-order valence-corrected chi connectivity index (χ2v) is 4.10. The molecule has 102 valence electrons. The summed E-state index contributed by atoms with van der Waals surface area (Å²) in [4.78, 5) is 22.6. The van der Waals surface area contributed by atoms with E-state index in [0.29, 0.717) is 6.54 Å². The lowest BCUT2D eigenvalue weighted by Gasteiger charge is -2.02. The third-order valence-corrected chi connectivity index (χ3v) is 2.61. The maximum Gasteiger partial charge on any atom is 0.244 e. The Balaban J connectivity index is 2.42. The fourth-order valence-electron chi connectivity index (χ4n) is 1.52. The largest absolute Gasteiger partial charge is 0.355 e. The van der Waals surface area contributed by atoms with E-state index in [2.05, 4.69) is 17.6 Å². The summed E-state index contributed by atoms with van der Waals surface area (Å²) in [6, 6.07) is 8.00.